The maximum Gasteiger partial charge on any atom is 0.321 e. The van der Waals surface area contributed by atoms with Crippen LogP contribution in [0.1, 0.15) is 58.7 Å². The largest absolute Gasteiger partial charge is 0.468 e. The number of rotatable bonds is 5. The first kappa shape index (κ1) is 21.8. The van der Waals surface area contributed by atoms with Gasteiger partial charge in [-0.15, -0.1) is 0 Å². The lowest BCUT2D eigenvalue weighted by atomic mass is 9.84. The van der Waals surface area contributed by atoms with Gasteiger partial charge in [0, 0.05) is 5.41 Å². The molecule has 0 saturated heterocycles. The Morgan fingerprint density at radius 2 is 1.90 bits per heavy atom. The summed E-state index contributed by atoms with van der Waals surface area (Å²) in [6.07, 6.45) is 4.65. The fraction of sp³-hybridized carbons (Fsp3) is 0.619. The molecule has 0 amide bonds. The van der Waals surface area contributed by atoms with Gasteiger partial charge in [0.15, 0.2) is 15.6 Å². The number of fused-ring (bicyclic) bond motifs is 1. The van der Waals surface area contributed by atoms with E-state index in [-0.39, 0.29) is 10.3 Å². The van der Waals surface area contributed by atoms with Gasteiger partial charge >= 0.3 is 5.97 Å². The molecule has 0 unspecified atom stereocenters. The second kappa shape index (κ2) is 7.72. The first-order valence-electron chi connectivity index (χ1n) is 9.98. The summed E-state index contributed by atoms with van der Waals surface area (Å²) >= 11 is 0. The van der Waals surface area contributed by atoms with Gasteiger partial charge in [0.25, 0.3) is 0 Å². The van der Waals surface area contributed by atoms with E-state index in [4.69, 9.17) is 4.98 Å². The number of hydrogen-bond acceptors (Lipinski definition) is 6. The third-order valence-corrected chi connectivity index (χ3v) is 7.11. The molecule has 1 saturated carbocycles. The lowest BCUT2D eigenvalue weighted by molar-refractivity contribution is -0.137. The summed E-state index contributed by atoms with van der Waals surface area (Å²) in [5, 5.41) is 11.1. The number of aromatic nitrogens is 2. The van der Waals surface area contributed by atoms with Crippen LogP contribution in [-0.2, 0) is 31.3 Å². The summed E-state index contributed by atoms with van der Waals surface area (Å²) in [4.78, 5) is 16.2. The Morgan fingerprint density at radius 1 is 1.24 bits per heavy atom. The van der Waals surface area contributed by atoms with Crippen molar-refractivity contribution >= 4 is 26.8 Å². The molecule has 29 heavy (non-hydrogen) atoms. The number of nitrogens with zero attached hydrogens (tertiary/aromatic N) is 2. The fourth-order valence-corrected chi connectivity index (χ4v) is 5.16. The number of methoxy groups -OCH3 is 1. The number of imidazole rings is 1. The molecule has 3 rings (SSSR count). The van der Waals surface area contributed by atoms with E-state index in [1.807, 2.05) is 25.3 Å². The molecule has 1 aromatic carbocycles. The molecule has 0 bridgehead atoms. The van der Waals surface area contributed by atoms with Crippen molar-refractivity contribution in [3.8, 4) is 0 Å². The maximum absolute atomic E-state index is 12.5. The van der Waals surface area contributed by atoms with Crippen molar-refractivity contribution in [2.45, 2.75) is 75.3 Å². The highest BCUT2D eigenvalue weighted by Crippen LogP contribution is 2.34. The van der Waals surface area contributed by atoms with Crippen LogP contribution in [0.25, 0.3) is 11.0 Å². The predicted octanol–water partition coefficient (Wildman–Crippen LogP) is 2.98. The van der Waals surface area contributed by atoms with E-state index < -0.39 is 27.2 Å². The summed E-state index contributed by atoms with van der Waals surface area (Å²) in [6.45, 7) is 6.57. The number of aliphatic hydroxyl groups is 1. The van der Waals surface area contributed by atoms with Crippen LogP contribution in [0.15, 0.2) is 23.1 Å². The summed E-state index contributed by atoms with van der Waals surface area (Å²) < 4.78 is 31.6. The van der Waals surface area contributed by atoms with Crippen LogP contribution < -0.4 is 0 Å². The van der Waals surface area contributed by atoms with Gasteiger partial charge in [-0.2, -0.15) is 0 Å². The third kappa shape index (κ3) is 4.64. The lowest BCUT2D eigenvalue weighted by Gasteiger charge is -2.34. The third-order valence-electron chi connectivity index (χ3n) is 5.52. The minimum Gasteiger partial charge on any atom is -0.468 e. The van der Waals surface area contributed by atoms with Crippen LogP contribution in [0, 0.1) is 0 Å². The average Bonchev–Trinajstić information content (AvgIpc) is 2.99. The summed E-state index contributed by atoms with van der Waals surface area (Å²) in [7, 11) is -2.65. The Bertz CT molecular complexity index is 1010. The zero-order valence-corrected chi connectivity index (χ0v) is 18.4. The Labute approximate surface area is 172 Å². The molecule has 0 spiro atoms. The molecular formula is C21H30N2O5S. The molecule has 1 aromatic heterocycles. The van der Waals surface area contributed by atoms with Crippen LogP contribution in [0.2, 0.25) is 0 Å². The maximum atomic E-state index is 12.5. The van der Waals surface area contributed by atoms with Crippen LogP contribution in [-0.4, -0.2) is 47.5 Å². The number of carbonyl (C=O) groups is 1. The molecule has 1 fully saturated rings. The number of carbonyl (C=O) groups excluding carboxylic acids is 1. The van der Waals surface area contributed by atoms with Crippen molar-refractivity contribution in [2.75, 3.05) is 12.9 Å². The topological polar surface area (TPSA) is 98.5 Å². The molecule has 2 aromatic rings. The van der Waals surface area contributed by atoms with Gasteiger partial charge in [0.2, 0.25) is 0 Å². The molecular weight excluding hydrogens is 392 g/mol. The van der Waals surface area contributed by atoms with Crippen LogP contribution >= 0.6 is 0 Å². The van der Waals surface area contributed by atoms with Crippen LogP contribution in [0.3, 0.4) is 0 Å². The van der Waals surface area contributed by atoms with Crippen LogP contribution in [0.4, 0.5) is 0 Å². The number of ether oxygens (including phenoxy) is 1. The average molecular weight is 423 g/mol. The normalized spacial score (nSPS) is 17.4. The SMILES string of the molecule is COC(=O)CS(=O)(=O)c1ccc2c(c1)nc(C(C)(C)C)n2CC1(O)CCCCC1. The summed E-state index contributed by atoms with van der Waals surface area (Å²) in [6, 6.07) is 4.72. The van der Waals surface area contributed by atoms with Gasteiger partial charge < -0.3 is 14.4 Å². The van der Waals surface area contributed by atoms with Crippen molar-refractivity contribution < 1.29 is 23.1 Å². The second-order valence-electron chi connectivity index (χ2n) is 9.04. The Morgan fingerprint density at radius 3 is 2.48 bits per heavy atom. The Kier molecular flexibility index (Phi) is 5.80. The van der Waals surface area contributed by atoms with E-state index in [0.29, 0.717) is 12.1 Å². The van der Waals surface area contributed by atoms with Crippen molar-refractivity contribution in [3.63, 3.8) is 0 Å². The molecule has 1 aliphatic rings. The van der Waals surface area contributed by atoms with Gasteiger partial charge in [0.1, 0.15) is 5.82 Å². The van der Waals surface area contributed by atoms with E-state index in [0.717, 1.165) is 50.6 Å². The fourth-order valence-electron chi connectivity index (χ4n) is 4.00. The number of esters is 1. The van der Waals surface area contributed by atoms with E-state index in [9.17, 15) is 18.3 Å². The van der Waals surface area contributed by atoms with Gasteiger partial charge in [-0.1, -0.05) is 40.0 Å². The Hall–Kier alpha value is -1.93. The molecule has 0 atom stereocenters. The number of hydrogen-bond donors (Lipinski definition) is 1. The first-order chi connectivity index (χ1) is 13.5. The summed E-state index contributed by atoms with van der Waals surface area (Å²) in [5.41, 5.74) is 0.266. The van der Waals surface area contributed by atoms with E-state index in [2.05, 4.69) is 4.74 Å². The standard InChI is InChI=1S/C21H30N2O5S/c1-20(2,3)19-22-16-12-15(29(26,27)13-18(24)28-4)8-9-17(16)23(19)14-21(25)10-6-5-7-11-21/h8-9,12,25H,5-7,10-11,13-14H2,1-4H3. The van der Waals surface area contributed by atoms with E-state index in [1.54, 1.807) is 6.07 Å². The zero-order valence-electron chi connectivity index (χ0n) is 17.6. The molecule has 1 aliphatic carbocycles. The van der Waals surface area contributed by atoms with E-state index in [1.165, 1.54) is 12.1 Å². The molecule has 7 nitrogen and oxygen atoms in total. The summed E-state index contributed by atoms with van der Waals surface area (Å²) in [5.74, 6) is -0.707. The van der Waals surface area contributed by atoms with Crippen molar-refractivity contribution in [1.82, 2.24) is 9.55 Å². The Balaban J connectivity index is 2.07. The highest BCUT2D eigenvalue weighted by molar-refractivity contribution is 7.92. The number of sulfone groups is 1. The molecule has 1 heterocycles. The molecule has 0 aliphatic heterocycles. The zero-order chi connectivity index (χ0) is 21.4. The van der Waals surface area contributed by atoms with Crippen LogP contribution in [0.5, 0.6) is 0 Å². The van der Waals surface area contributed by atoms with E-state index >= 15 is 0 Å². The smallest absolute Gasteiger partial charge is 0.321 e. The second-order valence-corrected chi connectivity index (χ2v) is 11.0. The molecule has 8 heteroatoms. The van der Waals surface area contributed by atoms with Crippen molar-refractivity contribution in [3.05, 3.63) is 24.0 Å². The quantitative estimate of drug-likeness (QED) is 0.744. The van der Waals surface area contributed by atoms with Gasteiger partial charge in [-0.25, -0.2) is 13.4 Å². The minimum absolute atomic E-state index is 0.0388. The molecule has 0 radical (unpaired) electrons. The number of benzene rings is 1. The van der Waals surface area contributed by atoms with Gasteiger partial charge in [0.05, 0.1) is 35.2 Å². The lowest BCUT2D eigenvalue weighted by Crippen LogP contribution is -2.37. The first-order valence-corrected chi connectivity index (χ1v) is 11.6. The monoisotopic (exact) mass is 422 g/mol. The molecule has 160 valence electrons. The molecule has 1 N–H and O–H groups in total. The van der Waals surface area contributed by atoms with Gasteiger partial charge in [-0.05, 0) is 31.0 Å². The van der Waals surface area contributed by atoms with Crippen molar-refractivity contribution in [2.24, 2.45) is 0 Å². The highest BCUT2D eigenvalue weighted by atomic mass is 32.2. The van der Waals surface area contributed by atoms with Gasteiger partial charge in [-0.3, -0.25) is 4.79 Å². The highest BCUT2D eigenvalue weighted by Gasteiger charge is 2.33. The minimum atomic E-state index is -3.81. The van der Waals surface area contributed by atoms with Crippen molar-refractivity contribution in [1.29, 1.82) is 0 Å². The predicted molar refractivity (Wildman–Crippen MR) is 111 cm³/mol.